The van der Waals surface area contributed by atoms with Gasteiger partial charge in [0.25, 0.3) is 0 Å². The molecule has 0 bridgehead atoms. The number of hydrogen-bond acceptors (Lipinski definition) is 3. The average Bonchev–Trinajstić information content (AvgIpc) is 2.48. The van der Waals surface area contributed by atoms with E-state index in [-0.39, 0.29) is 0 Å². The van der Waals surface area contributed by atoms with Crippen molar-refractivity contribution < 1.29 is 9.47 Å². The van der Waals surface area contributed by atoms with Crippen molar-refractivity contribution >= 4 is 0 Å². The van der Waals surface area contributed by atoms with Crippen LogP contribution in [0.2, 0.25) is 0 Å². The van der Waals surface area contributed by atoms with Crippen molar-refractivity contribution in [2.75, 3.05) is 20.2 Å². The molecule has 0 saturated carbocycles. The van der Waals surface area contributed by atoms with E-state index in [9.17, 15) is 0 Å². The van der Waals surface area contributed by atoms with Gasteiger partial charge in [-0.3, -0.25) is 0 Å². The second-order valence-electron chi connectivity index (χ2n) is 4.86. The predicted molar refractivity (Wildman–Crippen MR) is 81.5 cm³/mol. The van der Waals surface area contributed by atoms with Crippen LogP contribution in [0.25, 0.3) is 0 Å². The van der Waals surface area contributed by atoms with Crippen LogP contribution in [0.15, 0.2) is 54.6 Å². The van der Waals surface area contributed by atoms with Crippen molar-refractivity contribution in [2.24, 2.45) is 5.92 Å². The molecule has 0 spiro atoms. The van der Waals surface area contributed by atoms with E-state index < -0.39 is 0 Å². The lowest BCUT2D eigenvalue weighted by Crippen LogP contribution is -2.21. The van der Waals surface area contributed by atoms with Gasteiger partial charge in [-0.1, -0.05) is 25.1 Å². The van der Waals surface area contributed by atoms with E-state index in [4.69, 9.17) is 9.47 Å². The molecule has 20 heavy (non-hydrogen) atoms. The fourth-order valence-electron chi connectivity index (χ4n) is 1.87. The summed E-state index contributed by atoms with van der Waals surface area (Å²) in [6.07, 6.45) is 0. The third-order valence-electron chi connectivity index (χ3n) is 2.89. The summed E-state index contributed by atoms with van der Waals surface area (Å²) in [6, 6.07) is 17.5. The van der Waals surface area contributed by atoms with Gasteiger partial charge in [0, 0.05) is 12.5 Å². The molecule has 0 aromatic heterocycles. The highest BCUT2D eigenvalue weighted by molar-refractivity contribution is 5.35. The Hall–Kier alpha value is -2.00. The van der Waals surface area contributed by atoms with Crippen molar-refractivity contribution in [3.63, 3.8) is 0 Å². The molecule has 0 amide bonds. The van der Waals surface area contributed by atoms with Gasteiger partial charge in [-0.2, -0.15) is 0 Å². The zero-order valence-corrected chi connectivity index (χ0v) is 12.0. The van der Waals surface area contributed by atoms with Crippen molar-refractivity contribution in [1.82, 2.24) is 5.32 Å². The lowest BCUT2D eigenvalue weighted by molar-refractivity contribution is 0.258. The highest BCUT2D eigenvalue weighted by Crippen LogP contribution is 2.23. The first-order valence-corrected chi connectivity index (χ1v) is 6.88. The average molecular weight is 271 g/mol. The molecule has 3 nitrogen and oxygen atoms in total. The molecule has 0 aliphatic heterocycles. The Kier molecular flexibility index (Phi) is 5.44. The quantitative estimate of drug-likeness (QED) is 0.832. The lowest BCUT2D eigenvalue weighted by atomic mass is 10.2. The maximum absolute atomic E-state index is 5.73. The first kappa shape index (κ1) is 14.4. The maximum atomic E-state index is 5.73. The molecule has 0 radical (unpaired) electrons. The van der Waals surface area contributed by atoms with E-state index in [0.29, 0.717) is 12.5 Å². The number of rotatable bonds is 7. The number of nitrogens with one attached hydrogen (secondary N) is 1. The van der Waals surface area contributed by atoms with Crippen LogP contribution in [0.3, 0.4) is 0 Å². The summed E-state index contributed by atoms with van der Waals surface area (Å²) in [5.41, 5.74) is 0. The molecule has 106 valence electrons. The standard InChI is InChI=1S/C17H21NO2/c1-14(12-18-2)13-19-15-8-10-17(11-9-15)20-16-6-4-3-5-7-16/h3-11,14,18H,12-13H2,1-2H3. The molecule has 3 heteroatoms. The van der Waals surface area contributed by atoms with Crippen LogP contribution in [0.5, 0.6) is 17.2 Å². The van der Waals surface area contributed by atoms with Crippen molar-refractivity contribution in [3.05, 3.63) is 54.6 Å². The Morgan fingerprint density at radius 3 is 2.15 bits per heavy atom. The molecule has 0 aliphatic rings. The third kappa shape index (κ3) is 4.59. The number of ether oxygens (including phenoxy) is 2. The summed E-state index contributed by atoms with van der Waals surface area (Å²) >= 11 is 0. The number of benzene rings is 2. The van der Waals surface area contributed by atoms with Gasteiger partial charge in [0.2, 0.25) is 0 Å². The van der Waals surface area contributed by atoms with Crippen LogP contribution in [0, 0.1) is 5.92 Å². The Balaban J connectivity index is 1.87. The molecule has 1 unspecified atom stereocenters. The van der Waals surface area contributed by atoms with Gasteiger partial charge in [0.15, 0.2) is 0 Å². The molecule has 0 fully saturated rings. The van der Waals surface area contributed by atoms with Crippen molar-refractivity contribution in [2.45, 2.75) is 6.92 Å². The van der Waals surface area contributed by atoms with Crippen LogP contribution >= 0.6 is 0 Å². The fourth-order valence-corrected chi connectivity index (χ4v) is 1.87. The van der Waals surface area contributed by atoms with Crippen LogP contribution in [0.4, 0.5) is 0 Å². The van der Waals surface area contributed by atoms with Gasteiger partial charge in [-0.15, -0.1) is 0 Å². The number of para-hydroxylation sites is 1. The molecular formula is C17H21NO2. The molecule has 0 heterocycles. The van der Waals surface area contributed by atoms with E-state index in [0.717, 1.165) is 23.8 Å². The summed E-state index contributed by atoms with van der Waals surface area (Å²) < 4.78 is 11.5. The summed E-state index contributed by atoms with van der Waals surface area (Å²) in [4.78, 5) is 0. The minimum absolute atomic E-state index is 0.486. The van der Waals surface area contributed by atoms with Crippen molar-refractivity contribution in [3.8, 4) is 17.2 Å². The Bertz CT molecular complexity index is 496. The molecule has 0 aliphatic carbocycles. The first-order chi connectivity index (χ1) is 9.78. The highest BCUT2D eigenvalue weighted by atomic mass is 16.5. The largest absolute Gasteiger partial charge is 0.493 e. The molecule has 2 aromatic rings. The number of hydrogen-bond donors (Lipinski definition) is 1. The summed E-state index contributed by atoms with van der Waals surface area (Å²) in [5, 5.41) is 3.14. The van der Waals surface area contributed by atoms with E-state index in [1.165, 1.54) is 0 Å². The molecular weight excluding hydrogens is 250 g/mol. The molecule has 2 rings (SSSR count). The monoisotopic (exact) mass is 271 g/mol. The van der Waals surface area contributed by atoms with Crippen molar-refractivity contribution in [1.29, 1.82) is 0 Å². The SMILES string of the molecule is CNCC(C)COc1ccc(Oc2ccccc2)cc1. The van der Waals surface area contributed by atoms with Crippen LogP contribution in [0.1, 0.15) is 6.92 Å². The van der Waals surface area contributed by atoms with E-state index in [2.05, 4.69) is 12.2 Å². The van der Waals surface area contributed by atoms with Crippen LogP contribution < -0.4 is 14.8 Å². The van der Waals surface area contributed by atoms with E-state index >= 15 is 0 Å². The Morgan fingerprint density at radius 1 is 0.900 bits per heavy atom. The van der Waals surface area contributed by atoms with Gasteiger partial charge >= 0.3 is 0 Å². The van der Waals surface area contributed by atoms with Gasteiger partial charge in [-0.25, -0.2) is 0 Å². The van der Waals surface area contributed by atoms with E-state index in [1.807, 2.05) is 61.6 Å². The zero-order valence-electron chi connectivity index (χ0n) is 12.0. The molecule has 0 saturated heterocycles. The second kappa shape index (κ2) is 7.56. The van der Waals surface area contributed by atoms with Gasteiger partial charge in [0.1, 0.15) is 17.2 Å². The Morgan fingerprint density at radius 2 is 1.50 bits per heavy atom. The topological polar surface area (TPSA) is 30.5 Å². The second-order valence-corrected chi connectivity index (χ2v) is 4.86. The van der Waals surface area contributed by atoms with Gasteiger partial charge < -0.3 is 14.8 Å². The summed E-state index contributed by atoms with van der Waals surface area (Å²) in [6.45, 7) is 3.82. The van der Waals surface area contributed by atoms with E-state index in [1.54, 1.807) is 0 Å². The molecule has 1 N–H and O–H groups in total. The highest BCUT2D eigenvalue weighted by Gasteiger charge is 2.02. The summed E-state index contributed by atoms with van der Waals surface area (Å²) in [7, 11) is 1.95. The predicted octanol–water partition coefficient (Wildman–Crippen LogP) is 3.71. The first-order valence-electron chi connectivity index (χ1n) is 6.88. The normalized spacial score (nSPS) is 11.9. The fraction of sp³-hybridized carbons (Fsp3) is 0.294. The maximum Gasteiger partial charge on any atom is 0.127 e. The lowest BCUT2D eigenvalue weighted by Gasteiger charge is -2.13. The zero-order chi connectivity index (χ0) is 14.2. The summed E-state index contributed by atoms with van der Waals surface area (Å²) in [5.74, 6) is 3.00. The minimum atomic E-state index is 0.486. The molecule has 1 atom stereocenters. The molecule has 2 aromatic carbocycles. The third-order valence-corrected chi connectivity index (χ3v) is 2.89. The van der Waals surface area contributed by atoms with Gasteiger partial charge in [0.05, 0.1) is 6.61 Å². The van der Waals surface area contributed by atoms with Crippen LogP contribution in [-0.2, 0) is 0 Å². The van der Waals surface area contributed by atoms with Crippen LogP contribution in [-0.4, -0.2) is 20.2 Å². The Labute approximate surface area is 120 Å². The smallest absolute Gasteiger partial charge is 0.127 e. The van der Waals surface area contributed by atoms with Gasteiger partial charge in [-0.05, 0) is 43.4 Å². The minimum Gasteiger partial charge on any atom is -0.493 e.